The van der Waals surface area contributed by atoms with Crippen LogP contribution in [0.25, 0.3) is 11.1 Å². The summed E-state index contributed by atoms with van der Waals surface area (Å²) >= 11 is 0. The average Bonchev–Trinajstić information content (AvgIpc) is 3.35. The van der Waals surface area contributed by atoms with Crippen molar-refractivity contribution in [3.05, 3.63) is 96.9 Å². The minimum absolute atomic E-state index is 0.149. The lowest BCUT2D eigenvalue weighted by molar-refractivity contribution is 0.529. The van der Waals surface area contributed by atoms with Crippen molar-refractivity contribution < 1.29 is 8.83 Å². The first-order valence-electron chi connectivity index (χ1n) is 7.86. The third-order valence-corrected chi connectivity index (χ3v) is 3.99. The second-order valence-electron chi connectivity index (χ2n) is 5.48. The van der Waals surface area contributed by atoms with Gasteiger partial charge in [-0.15, -0.1) is 0 Å². The molecule has 2 aromatic heterocycles. The monoisotopic (exact) mass is 316 g/mol. The molecule has 0 N–H and O–H groups in total. The Morgan fingerprint density at radius 2 is 1.67 bits per heavy atom. The number of benzene rings is 1. The van der Waals surface area contributed by atoms with E-state index in [0.717, 1.165) is 23.1 Å². The van der Waals surface area contributed by atoms with Gasteiger partial charge >= 0.3 is 0 Å². The van der Waals surface area contributed by atoms with Crippen molar-refractivity contribution in [1.82, 2.24) is 9.97 Å². The smallest absolute Gasteiger partial charge is 0.226 e. The molecular formula is C20H16N2O2. The fourth-order valence-electron chi connectivity index (χ4n) is 2.95. The largest absolute Gasteiger partial charge is 0.445 e. The van der Waals surface area contributed by atoms with Crippen molar-refractivity contribution in [2.45, 2.75) is 6.42 Å². The maximum Gasteiger partial charge on any atom is 0.226 e. The molecule has 0 saturated carbocycles. The van der Waals surface area contributed by atoms with Crippen molar-refractivity contribution in [3.8, 4) is 0 Å². The van der Waals surface area contributed by atoms with Crippen LogP contribution in [-0.2, 0) is 0 Å². The van der Waals surface area contributed by atoms with Crippen molar-refractivity contribution >= 4 is 11.1 Å². The van der Waals surface area contributed by atoms with E-state index < -0.39 is 0 Å². The van der Waals surface area contributed by atoms with Gasteiger partial charge in [0.1, 0.15) is 12.5 Å². The Morgan fingerprint density at radius 1 is 0.917 bits per heavy atom. The summed E-state index contributed by atoms with van der Waals surface area (Å²) in [7, 11) is 0. The van der Waals surface area contributed by atoms with Gasteiger partial charge in [-0.05, 0) is 12.0 Å². The predicted octanol–water partition coefficient (Wildman–Crippen LogP) is 4.75. The van der Waals surface area contributed by atoms with Crippen LogP contribution in [0.1, 0.15) is 23.8 Å². The highest BCUT2D eigenvalue weighted by Crippen LogP contribution is 2.38. The first-order chi connectivity index (χ1) is 11.9. The summed E-state index contributed by atoms with van der Waals surface area (Å²) in [6, 6.07) is 10.1. The van der Waals surface area contributed by atoms with Gasteiger partial charge in [-0.1, -0.05) is 54.6 Å². The van der Waals surface area contributed by atoms with Crippen LogP contribution in [0.2, 0.25) is 0 Å². The molecule has 4 nitrogen and oxygen atoms in total. The Bertz CT molecular complexity index is 873. The Balaban J connectivity index is 1.98. The molecule has 0 saturated heterocycles. The highest BCUT2D eigenvalue weighted by molar-refractivity contribution is 5.96. The van der Waals surface area contributed by atoms with Crippen LogP contribution in [0, 0.1) is 5.92 Å². The summed E-state index contributed by atoms with van der Waals surface area (Å²) in [4.78, 5) is 8.78. The van der Waals surface area contributed by atoms with Gasteiger partial charge in [0.15, 0.2) is 0 Å². The Labute approximate surface area is 139 Å². The minimum atomic E-state index is 0.149. The molecule has 2 heterocycles. The lowest BCUT2D eigenvalue weighted by Crippen LogP contribution is -2.06. The van der Waals surface area contributed by atoms with Gasteiger partial charge in [0.05, 0.1) is 18.0 Å². The Kier molecular flexibility index (Phi) is 3.94. The van der Waals surface area contributed by atoms with E-state index in [9.17, 15) is 0 Å². The lowest BCUT2D eigenvalue weighted by Gasteiger charge is -2.19. The summed E-state index contributed by atoms with van der Waals surface area (Å²) in [6.45, 7) is 0. The van der Waals surface area contributed by atoms with Crippen LogP contribution in [0.3, 0.4) is 0 Å². The molecule has 0 bridgehead atoms. The molecule has 4 heteroatoms. The van der Waals surface area contributed by atoms with Crippen molar-refractivity contribution in [2.24, 2.45) is 5.92 Å². The van der Waals surface area contributed by atoms with E-state index in [1.54, 1.807) is 24.9 Å². The zero-order chi connectivity index (χ0) is 16.2. The summed E-state index contributed by atoms with van der Waals surface area (Å²) in [6.07, 6.45) is 15.8. The van der Waals surface area contributed by atoms with Gasteiger partial charge in [0.25, 0.3) is 0 Å². The van der Waals surface area contributed by atoms with Crippen LogP contribution in [0.4, 0.5) is 0 Å². The molecular weight excluding hydrogens is 300 g/mol. The molecule has 1 atom stereocenters. The molecule has 0 radical (unpaired) electrons. The fraction of sp³-hybridized carbons (Fsp3) is 0.100. The number of allylic oxidation sites excluding steroid dienone is 5. The molecule has 0 fully saturated rings. The normalized spacial score (nSPS) is 17.8. The molecule has 24 heavy (non-hydrogen) atoms. The first-order valence-corrected chi connectivity index (χ1v) is 7.86. The van der Waals surface area contributed by atoms with E-state index in [1.165, 1.54) is 0 Å². The highest BCUT2D eigenvalue weighted by Gasteiger charge is 2.26. The van der Waals surface area contributed by atoms with E-state index >= 15 is 0 Å². The van der Waals surface area contributed by atoms with Gasteiger partial charge in [-0.2, -0.15) is 0 Å². The standard InChI is InChI=1S/C20H16N2O2/c1-3-7-15(8-4-1)17(19-21-11-13-23-19)18(20-22-12-14-24-20)16-9-5-2-6-10-16/h1-9,11-14,16H,10H2. The predicted molar refractivity (Wildman–Crippen MR) is 91.8 cm³/mol. The molecule has 1 aromatic carbocycles. The molecule has 1 unspecified atom stereocenters. The van der Waals surface area contributed by atoms with Crippen molar-refractivity contribution in [2.75, 3.05) is 0 Å². The highest BCUT2D eigenvalue weighted by atomic mass is 16.3. The maximum atomic E-state index is 5.65. The number of hydrogen-bond acceptors (Lipinski definition) is 4. The van der Waals surface area contributed by atoms with E-state index in [1.807, 2.05) is 30.3 Å². The average molecular weight is 316 g/mol. The molecule has 0 aliphatic heterocycles. The van der Waals surface area contributed by atoms with Crippen LogP contribution in [0.5, 0.6) is 0 Å². The number of hydrogen-bond donors (Lipinski definition) is 0. The Morgan fingerprint density at radius 3 is 2.29 bits per heavy atom. The third-order valence-electron chi connectivity index (χ3n) is 3.99. The van der Waals surface area contributed by atoms with Gasteiger partial charge < -0.3 is 8.83 Å². The summed E-state index contributed by atoms with van der Waals surface area (Å²) in [5.74, 6) is 1.31. The molecule has 4 rings (SSSR count). The Hall–Kier alpha value is -3.14. The van der Waals surface area contributed by atoms with Crippen molar-refractivity contribution in [3.63, 3.8) is 0 Å². The topological polar surface area (TPSA) is 52.1 Å². The number of oxazole rings is 2. The second-order valence-corrected chi connectivity index (χ2v) is 5.48. The summed E-state index contributed by atoms with van der Waals surface area (Å²) < 4.78 is 11.3. The SMILES string of the molecule is C1=CCC(C(=C(c2ccccc2)c2ncco2)c2ncco2)C=C1. The lowest BCUT2D eigenvalue weighted by atomic mass is 9.86. The number of rotatable bonds is 4. The van der Waals surface area contributed by atoms with Gasteiger partial charge in [-0.3, -0.25) is 0 Å². The zero-order valence-electron chi connectivity index (χ0n) is 13.0. The zero-order valence-corrected chi connectivity index (χ0v) is 13.0. The second kappa shape index (κ2) is 6.54. The molecule has 1 aliphatic carbocycles. The fourth-order valence-corrected chi connectivity index (χ4v) is 2.95. The summed E-state index contributed by atoms with van der Waals surface area (Å²) in [5, 5.41) is 0. The first kappa shape index (κ1) is 14.5. The van der Waals surface area contributed by atoms with Gasteiger partial charge in [-0.25, -0.2) is 9.97 Å². The molecule has 0 amide bonds. The van der Waals surface area contributed by atoms with E-state index in [4.69, 9.17) is 8.83 Å². The quantitative estimate of drug-likeness (QED) is 0.696. The van der Waals surface area contributed by atoms with E-state index in [0.29, 0.717) is 11.8 Å². The third kappa shape index (κ3) is 2.74. The molecule has 3 aromatic rings. The maximum absolute atomic E-state index is 5.65. The van der Waals surface area contributed by atoms with Gasteiger partial charge in [0.2, 0.25) is 11.8 Å². The van der Waals surface area contributed by atoms with E-state index in [2.05, 4.69) is 34.3 Å². The number of nitrogens with zero attached hydrogens (tertiary/aromatic N) is 2. The van der Waals surface area contributed by atoms with Crippen LogP contribution in [-0.4, -0.2) is 9.97 Å². The molecule has 0 spiro atoms. The molecule has 118 valence electrons. The molecule has 1 aliphatic rings. The summed E-state index contributed by atoms with van der Waals surface area (Å²) in [5.41, 5.74) is 2.92. The van der Waals surface area contributed by atoms with Crippen LogP contribution in [0.15, 0.2) is 88.4 Å². The van der Waals surface area contributed by atoms with Crippen LogP contribution < -0.4 is 0 Å². The van der Waals surface area contributed by atoms with Crippen molar-refractivity contribution in [1.29, 1.82) is 0 Å². The van der Waals surface area contributed by atoms with E-state index in [-0.39, 0.29) is 5.92 Å². The van der Waals surface area contributed by atoms with Crippen LogP contribution >= 0.6 is 0 Å². The number of aromatic nitrogens is 2. The minimum Gasteiger partial charge on any atom is -0.445 e. The van der Waals surface area contributed by atoms with Gasteiger partial charge in [0, 0.05) is 11.5 Å².